The van der Waals surface area contributed by atoms with Gasteiger partial charge >= 0.3 is 0 Å². The van der Waals surface area contributed by atoms with E-state index in [-0.39, 0.29) is 6.10 Å². The van der Waals surface area contributed by atoms with Crippen LogP contribution < -0.4 is 0 Å². The molecule has 0 amide bonds. The molecule has 0 saturated heterocycles. The van der Waals surface area contributed by atoms with Gasteiger partial charge in [0.1, 0.15) is 0 Å². The summed E-state index contributed by atoms with van der Waals surface area (Å²) in [6, 6.07) is 0. The van der Waals surface area contributed by atoms with Gasteiger partial charge in [0, 0.05) is 0 Å². The number of aliphatic hydroxyl groups excluding tert-OH is 1. The van der Waals surface area contributed by atoms with Crippen molar-refractivity contribution in [2.45, 2.75) is 51.6 Å². The first kappa shape index (κ1) is 12.9. The standard InChI is InChI=1S/C11H25NO/c1-4-5-8-11(13)9-6-7-10-12(2)3/h11,13H,4-10H2,1-3H3/t11-/m1/s1. The molecule has 0 bridgehead atoms. The largest absolute Gasteiger partial charge is 0.393 e. The summed E-state index contributed by atoms with van der Waals surface area (Å²) in [5, 5.41) is 9.53. The fourth-order valence-electron chi connectivity index (χ4n) is 1.39. The molecule has 0 aromatic carbocycles. The Morgan fingerprint density at radius 1 is 1.08 bits per heavy atom. The third-order valence-corrected chi connectivity index (χ3v) is 2.28. The summed E-state index contributed by atoms with van der Waals surface area (Å²) in [6.45, 7) is 3.30. The summed E-state index contributed by atoms with van der Waals surface area (Å²) in [7, 11) is 4.18. The first-order valence-corrected chi connectivity index (χ1v) is 5.49. The SMILES string of the molecule is CCCC[C@@H](O)CCCCN(C)C. The van der Waals surface area contributed by atoms with Crippen molar-refractivity contribution in [2.75, 3.05) is 20.6 Å². The molecule has 0 aromatic rings. The lowest BCUT2D eigenvalue weighted by molar-refractivity contribution is 0.147. The van der Waals surface area contributed by atoms with Crippen molar-refractivity contribution in [3.8, 4) is 0 Å². The second-order valence-electron chi connectivity index (χ2n) is 4.10. The molecular weight excluding hydrogens is 162 g/mol. The van der Waals surface area contributed by atoms with E-state index >= 15 is 0 Å². The molecule has 0 saturated carbocycles. The van der Waals surface area contributed by atoms with Crippen LogP contribution in [-0.4, -0.2) is 36.8 Å². The van der Waals surface area contributed by atoms with Crippen LogP contribution in [0.5, 0.6) is 0 Å². The molecule has 0 heterocycles. The Hall–Kier alpha value is -0.0800. The van der Waals surface area contributed by atoms with Crippen LogP contribution in [0.4, 0.5) is 0 Å². The van der Waals surface area contributed by atoms with Gasteiger partial charge in [-0.1, -0.05) is 19.8 Å². The van der Waals surface area contributed by atoms with E-state index in [0.717, 1.165) is 32.2 Å². The van der Waals surface area contributed by atoms with Gasteiger partial charge in [-0.05, 0) is 46.3 Å². The molecule has 1 atom stereocenters. The number of unbranched alkanes of at least 4 members (excludes halogenated alkanes) is 2. The smallest absolute Gasteiger partial charge is 0.0540 e. The van der Waals surface area contributed by atoms with E-state index in [9.17, 15) is 5.11 Å². The monoisotopic (exact) mass is 187 g/mol. The molecule has 0 aliphatic rings. The van der Waals surface area contributed by atoms with E-state index in [1.54, 1.807) is 0 Å². The zero-order valence-electron chi connectivity index (χ0n) is 9.42. The molecule has 13 heavy (non-hydrogen) atoms. The summed E-state index contributed by atoms with van der Waals surface area (Å²) in [5.74, 6) is 0. The van der Waals surface area contributed by atoms with E-state index in [4.69, 9.17) is 0 Å². The maximum Gasteiger partial charge on any atom is 0.0540 e. The average molecular weight is 187 g/mol. The van der Waals surface area contributed by atoms with Crippen LogP contribution in [0.25, 0.3) is 0 Å². The van der Waals surface area contributed by atoms with Crippen LogP contribution in [0.15, 0.2) is 0 Å². The van der Waals surface area contributed by atoms with E-state index in [1.807, 2.05) is 0 Å². The minimum Gasteiger partial charge on any atom is -0.393 e. The summed E-state index contributed by atoms with van der Waals surface area (Å²) in [6.07, 6.45) is 6.62. The van der Waals surface area contributed by atoms with Gasteiger partial charge in [-0.3, -0.25) is 0 Å². The average Bonchev–Trinajstić information content (AvgIpc) is 2.08. The topological polar surface area (TPSA) is 23.5 Å². The molecule has 0 spiro atoms. The van der Waals surface area contributed by atoms with Gasteiger partial charge in [0.05, 0.1) is 6.10 Å². The molecule has 80 valence electrons. The maximum absolute atomic E-state index is 9.53. The van der Waals surface area contributed by atoms with Gasteiger partial charge in [0.2, 0.25) is 0 Å². The van der Waals surface area contributed by atoms with Crippen LogP contribution in [-0.2, 0) is 0 Å². The second-order valence-corrected chi connectivity index (χ2v) is 4.10. The number of rotatable bonds is 8. The van der Waals surface area contributed by atoms with Crippen LogP contribution in [0.3, 0.4) is 0 Å². The van der Waals surface area contributed by atoms with Crippen LogP contribution in [0.2, 0.25) is 0 Å². The normalized spacial score (nSPS) is 13.6. The number of hydrogen-bond donors (Lipinski definition) is 1. The Balaban J connectivity index is 3.12. The third kappa shape index (κ3) is 9.84. The molecule has 0 aliphatic heterocycles. The first-order valence-electron chi connectivity index (χ1n) is 5.49. The van der Waals surface area contributed by atoms with Crippen LogP contribution in [0, 0.1) is 0 Å². The fraction of sp³-hybridized carbons (Fsp3) is 1.00. The quantitative estimate of drug-likeness (QED) is 0.589. The van der Waals surface area contributed by atoms with Crippen molar-refractivity contribution in [3.05, 3.63) is 0 Å². The highest BCUT2D eigenvalue weighted by molar-refractivity contribution is 4.56. The number of hydrogen-bond acceptors (Lipinski definition) is 2. The summed E-state index contributed by atoms with van der Waals surface area (Å²) < 4.78 is 0. The predicted molar refractivity (Wildman–Crippen MR) is 57.9 cm³/mol. The third-order valence-electron chi connectivity index (χ3n) is 2.28. The zero-order valence-corrected chi connectivity index (χ0v) is 9.42. The summed E-state index contributed by atoms with van der Waals surface area (Å²) >= 11 is 0. The van der Waals surface area contributed by atoms with Gasteiger partial charge in [-0.2, -0.15) is 0 Å². The van der Waals surface area contributed by atoms with Crippen molar-refractivity contribution in [3.63, 3.8) is 0 Å². The van der Waals surface area contributed by atoms with E-state index in [0.29, 0.717) is 0 Å². The minimum absolute atomic E-state index is 0.0536. The van der Waals surface area contributed by atoms with Gasteiger partial charge in [0.15, 0.2) is 0 Å². The summed E-state index contributed by atoms with van der Waals surface area (Å²) in [5.41, 5.74) is 0. The molecule has 0 rings (SSSR count). The zero-order chi connectivity index (χ0) is 10.1. The molecule has 0 aliphatic carbocycles. The lowest BCUT2D eigenvalue weighted by atomic mass is 10.1. The molecule has 2 nitrogen and oxygen atoms in total. The lowest BCUT2D eigenvalue weighted by Gasteiger charge is -2.11. The lowest BCUT2D eigenvalue weighted by Crippen LogP contribution is -2.14. The first-order chi connectivity index (χ1) is 6.16. The minimum atomic E-state index is -0.0536. The maximum atomic E-state index is 9.53. The molecule has 0 aromatic heterocycles. The van der Waals surface area contributed by atoms with Gasteiger partial charge < -0.3 is 10.0 Å². The van der Waals surface area contributed by atoms with Gasteiger partial charge in [-0.15, -0.1) is 0 Å². The Kier molecular flexibility index (Phi) is 8.46. The Morgan fingerprint density at radius 3 is 2.23 bits per heavy atom. The Labute approximate surface area is 82.9 Å². The van der Waals surface area contributed by atoms with Crippen molar-refractivity contribution < 1.29 is 5.11 Å². The Bertz CT molecular complexity index is 104. The summed E-state index contributed by atoms with van der Waals surface area (Å²) in [4.78, 5) is 2.19. The highest BCUT2D eigenvalue weighted by Crippen LogP contribution is 2.08. The van der Waals surface area contributed by atoms with Crippen LogP contribution in [0.1, 0.15) is 45.4 Å². The van der Waals surface area contributed by atoms with E-state index in [2.05, 4.69) is 25.9 Å². The molecule has 1 N–H and O–H groups in total. The van der Waals surface area contributed by atoms with Gasteiger partial charge in [0.25, 0.3) is 0 Å². The highest BCUT2D eigenvalue weighted by Gasteiger charge is 2.02. The van der Waals surface area contributed by atoms with Crippen LogP contribution >= 0.6 is 0 Å². The number of aliphatic hydroxyl groups is 1. The molecule has 0 unspecified atom stereocenters. The van der Waals surface area contributed by atoms with E-state index in [1.165, 1.54) is 12.8 Å². The number of nitrogens with zero attached hydrogens (tertiary/aromatic N) is 1. The molecule has 0 fully saturated rings. The Morgan fingerprint density at radius 2 is 1.69 bits per heavy atom. The predicted octanol–water partition coefficient (Wildman–Crippen LogP) is 2.27. The van der Waals surface area contributed by atoms with Crippen molar-refractivity contribution >= 4 is 0 Å². The van der Waals surface area contributed by atoms with Crippen molar-refractivity contribution in [2.24, 2.45) is 0 Å². The van der Waals surface area contributed by atoms with Crippen molar-refractivity contribution in [1.29, 1.82) is 0 Å². The second kappa shape index (κ2) is 8.52. The van der Waals surface area contributed by atoms with Crippen molar-refractivity contribution in [1.82, 2.24) is 4.90 Å². The van der Waals surface area contributed by atoms with E-state index < -0.39 is 0 Å². The molecular formula is C11H25NO. The fourth-order valence-corrected chi connectivity index (χ4v) is 1.39. The van der Waals surface area contributed by atoms with Gasteiger partial charge in [-0.25, -0.2) is 0 Å². The molecule has 0 radical (unpaired) electrons. The highest BCUT2D eigenvalue weighted by atomic mass is 16.3. The molecule has 2 heteroatoms.